The van der Waals surface area contributed by atoms with Crippen LogP contribution in [0, 0.1) is 6.92 Å². The number of methoxy groups -OCH3 is 1. The highest BCUT2D eigenvalue weighted by molar-refractivity contribution is 7.11. The van der Waals surface area contributed by atoms with E-state index in [1.165, 1.54) is 7.11 Å². The number of nitrogen functional groups attached to an aromatic ring is 1. The van der Waals surface area contributed by atoms with E-state index in [9.17, 15) is 4.79 Å². The monoisotopic (exact) mass is 283 g/mol. The number of hydrogen-bond acceptors (Lipinski definition) is 9. The van der Waals surface area contributed by atoms with E-state index in [4.69, 9.17) is 10.3 Å². The van der Waals surface area contributed by atoms with E-state index in [1.54, 1.807) is 6.92 Å². The summed E-state index contributed by atoms with van der Waals surface area (Å²) in [6.45, 7) is 2.26. The summed E-state index contributed by atoms with van der Waals surface area (Å²) >= 11 is 1.11. The molecule has 3 N–H and O–H groups in total. The lowest BCUT2D eigenvalue weighted by molar-refractivity contribution is 0.0603. The molecule has 0 unspecified atom stereocenters. The van der Waals surface area contributed by atoms with Gasteiger partial charge in [0.25, 0.3) is 0 Å². The fourth-order valence-electron chi connectivity index (χ4n) is 1.45. The molecular weight excluding hydrogens is 270 g/mol. The Bertz CT molecular complexity index is 579. The van der Waals surface area contributed by atoms with Crippen LogP contribution in [-0.2, 0) is 11.2 Å². The van der Waals surface area contributed by atoms with Crippen molar-refractivity contribution in [1.29, 1.82) is 0 Å². The summed E-state index contributed by atoms with van der Waals surface area (Å²) in [5, 5.41) is 7.41. The molecule has 2 rings (SSSR count). The highest BCUT2D eigenvalue weighted by Crippen LogP contribution is 2.27. The molecule has 102 valence electrons. The van der Waals surface area contributed by atoms with Crippen LogP contribution in [0.25, 0.3) is 0 Å². The largest absolute Gasteiger partial charge is 0.465 e. The third-order valence-electron chi connectivity index (χ3n) is 2.31. The molecular formula is C10H13N5O3S. The maximum Gasteiger partial charge on any atom is 0.344 e. The predicted molar refractivity (Wildman–Crippen MR) is 69.1 cm³/mol. The maximum absolute atomic E-state index is 11.5. The second kappa shape index (κ2) is 5.65. The first-order valence-corrected chi connectivity index (χ1v) is 6.25. The van der Waals surface area contributed by atoms with Crippen molar-refractivity contribution in [2.24, 2.45) is 0 Å². The molecule has 0 fully saturated rings. The van der Waals surface area contributed by atoms with Gasteiger partial charge in [-0.15, -0.1) is 0 Å². The lowest BCUT2D eigenvalue weighted by Gasteiger charge is -2.04. The first-order chi connectivity index (χ1) is 9.11. The molecule has 0 saturated carbocycles. The number of esters is 1. The van der Waals surface area contributed by atoms with Crippen molar-refractivity contribution in [2.75, 3.05) is 24.7 Å². The van der Waals surface area contributed by atoms with E-state index < -0.39 is 5.97 Å². The minimum atomic E-state index is -0.510. The van der Waals surface area contributed by atoms with E-state index in [0.29, 0.717) is 29.7 Å². The Labute approximate surface area is 113 Å². The number of aromatic nitrogens is 3. The zero-order valence-electron chi connectivity index (χ0n) is 10.5. The molecule has 9 heteroatoms. The van der Waals surface area contributed by atoms with Crippen LogP contribution in [0.5, 0.6) is 0 Å². The lowest BCUT2D eigenvalue weighted by atomic mass is 10.3. The van der Waals surface area contributed by atoms with E-state index in [1.807, 2.05) is 0 Å². The molecule has 19 heavy (non-hydrogen) atoms. The lowest BCUT2D eigenvalue weighted by Crippen LogP contribution is -2.10. The first-order valence-electron chi connectivity index (χ1n) is 5.48. The minimum Gasteiger partial charge on any atom is -0.465 e. The standard InChI is InChI=1S/C10H13N5O3S/c1-5-13-6(14-18-5)3-4-12-9-7(10(16)17-2)8(11)15-19-9/h12H,3-4H2,1-2H3,(H2,11,15). The van der Waals surface area contributed by atoms with Gasteiger partial charge in [0, 0.05) is 19.9 Å². The number of aryl methyl sites for hydroxylation is 1. The molecule has 8 nitrogen and oxygen atoms in total. The summed E-state index contributed by atoms with van der Waals surface area (Å²) < 4.78 is 13.4. The fraction of sp³-hybridized carbons (Fsp3) is 0.400. The molecule has 0 saturated heterocycles. The van der Waals surface area contributed by atoms with Crippen molar-refractivity contribution in [3.05, 3.63) is 17.3 Å². The molecule has 0 aromatic carbocycles. The molecule has 0 aliphatic heterocycles. The third-order valence-corrected chi connectivity index (χ3v) is 3.13. The Morgan fingerprint density at radius 2 is 2.37 bits per heavy atom. The first kappa shape index (κ1) is 13.3. The van der Waals surface area contributed by atoms with E-state index in [0.717, 1.165) is 11.5 Å². The molecule has 0 bridgehead atoms. The van der Waals surface area contributed by atoms with Crippen molar-refractivity contribution in [2.45, 2.75) is 13.3 Å². The van der Waals surface area contributed by atoms with Crippen LogP contribution < -0.4 is 11.1 Å². The van der Waals surface area contributed by atoms with Crippen LogP contribution in [-0.4, -0.2) is 34.1 Å². The number of nitrogens with zero attached hydrogens (tertiary/aromatic N) is 3. The second-order valence-electron chi connectivity index (χ2n) is 3.67. The fourth-order valence-corrected chi connectivity index (χ4v) is 2.18. The highest BCUT2D eigenvalue weighted by atomic mass is 32.1. The van der Waals surface area contributed by atoms with Gasteiger partial charge in [-0.3, -0.25) is 0 Å². The summed E-state index contributed by atoms with van der Waals surface area (Å²) in [5.41, 5.74) is 5.88. The number of carbonyl (C=O) groups excluding carboxylic acids is 1. The Morgan fingerprint density at radius 3 is 3.00 bits per heavy atom. The van der Waals surface area contributed by atoms with Crippen molar-refractivity contribution >= 4 is 28.3 Å². The van der Waals surface area contributed by atoms with Gasteiger partial charge in [0.05, 0.1) is 7.11 Å². The van der Waals surface area contributed by atoms with Gasteiger partial charge in [-0.2, -0.15) is 9.36 Å². The summed E-state index contributed by atoms with van der Waals surface area (Å²) in [5.74, 6) is 0.772. The molecule has 2 aromatic heterocycles. The molecule has 0 amide bonds. The van der Waals surface area contributed by atoms with E-state index in [2.05, 4.69) is 24.6 Å². The van der Waals surface area contributed by atoms with E-state index in [-0.39, 0.29) is 11.4 Å². The van der Waals surface area contributed by atoms with Gasteiger partial charge in [-0.25, -0.2) is 4.79 Å². The van der Waals surface area contributed by atoms with Gasteiger partial charge in [0.15, 0.2) is 11.6 Å². The Hall–Kier alpha value is -2.16. The van der Waals surface area contributed by atoms with Crippen molar-refractivity contribution in [3.63, 3.8) is 0 Å². The van der Waals surface area contributed by atoms with Gasteiger partial charge in [0.2, 0.25) is 5.89 Å². The summed E-state index contributed by atoms with van der Waals surface area (Å²) in [6, 6.07) is 0. The Balaban J connectivity index is 1.98. The molecule has 2 aromatic rings. The number of ether oxygens (including phenoxy) is 1. The average Bonchev–Trinajstić information content (AvgIpc) is 2.96. The van der Waals surface area contributed by atoms with Gasteiger partial charge in [0.1, 0.15) is 10.6 Å². The normalized spacial score (nSPS) is 10.4. The third kappa shape index (κ3) is 2.99. The van der Waals surface area contributed by atoms with E-state index >= 15 is 0 Å². The maximum atomic E-state index is 11.5. The van der Waals surface area contributed by atoms with Crippen LogP contribution in [0.4, 0.5) is 10.8 Å². The highest BCUT2D eigenvalue weighted by Gasteiger charge is 2.19. The number of carbonyl (C=O) groups is 1. The molecule has 0 aliphatic rings. The minimum absolute atomic E-state index is 0.162. The zero-order valence-corrected chi connectivity index (χ0v) is 11.3. The van der Waals surface area contributed by atoms with Gasteiger partial charge >= 0.3 is 5.97 Å². The van der Waals surface area contributed by atoms with Gasteiger partial charge in [-0.1, -0.05) is 5.16 Å². The van der Waals surface area contributed by atoms with Crippen LogP contribution in [0.1, 0.15) is 22.1 Å². The molecule has 0 atom stereocenters. The molecule has 0 aliphatic carbocycles. The smallest absolute Gasteiger partial charge is 0.344 e. The summed E-state index contributed by atoms with van der Waals surface area (Å²) in [4.78, 5) is 15.6. The van der Waals surface area contributed by atoms with Crippen LogP contribution >= 0.6 is 11.5 Å². The SMILES string of the molecule is COC(=O)c1c(N)nsc1NCCc1noc(C)n1. The average molecular weight is 283 g/mol. The number of nitrogens with two attached hydrogens (primary N) is 1. The summed E-state index contributed by atoms with van der Waals surface area (Å²) in [6.07, 6.45) is 0.565. The van der Waals surface area contributed by atoms with Crippen molar-refractivity contribution in [1.82, 2.24) is 14.5 Å². The van der Waals surface area contributed by atoms with Crippen LogP contribution in [0.3, 0.4) is 0 Å². The Kier molecular flexibility index (Phi) is 3.95. The molecule has 0 spiro atoms. The number of hydrogen-bond donors (Lipinski definition) is 2. The predicted octanol–water partition coefficient (Wildman–Crippen LogP) is 0.858. The number of anilines is 2. The number of nitrogens with one attached hydrogen (secondary N) is 1. The van der Waals surface area contributed by atoms with Crippen LogP contribution in [0.2, 0.25) is 0 Å². The van der Waals surface area contributed by atoms with Crippen molar-refractivity contribution in [3.8, 4) is 0 Å². The Morgan fingerprint density at radius 1 is 1.58 bits per heavy atom. The van der Waals surface area contributed by atoms with Gasteiger partial charge in [-0.05, 0) is 11.5 Å². The zero-order chi connectivity index (χ0) is 13.8. The quantitative estimate of drug-likeness (QED) is 0.776. The molecule has 0 radical (unpaired) electrons. The van der Waals surface area contributed by atoms with Gasteiger partial charge < -0.3 is 20.3 Å². The van der Waals surface area contributed by atoms with Crippen LogP contribution in [0.15, 0.2) is 4.52 Å². The molecule has 2 heterocycles. The summed E-state index contributed by atoms with van der Waals surface area (Å²) in [7, 11) is 1.30. The topological polar surface area (TPSA) is 116 Å². The second-order valence-corrected chi connectivity index (χ2v) is 4.44. The number of rotatable bonds is 5. The van der Waals surface area contributed by atoms with Crippen molar-refractivity contribution < 1.29 is 14.1 Å².